The van der Waals surface area contributed by atoms with Crippen molar-refractivity contribution in [3.8, 4) is 23.1 Å². The molecule has 0 spiro atoms. The lowest BCUT2D eigenvalue weighted by molar-refractivity contribution is -0.0244. The number of hydrogen-bond donors (Lipinski definition) is 2. The summed E-state index contributed by atoms with van der Waals surface area (Å²) in [5, 5.41) is 19.3. The summed E-state index contributed by atoms with van der Waals surface area (Å²) in [5.41, 5.74) is 0.334. The van der Waals surface area contributed by atoms with Crippen LogP contribution in [0.15, 0.2) is 12.3 Å². The summed E-state index contributed by atoms with van der Waals surface area (Å²) in [6.45, 7) is 5.07. The number of hydrogen-bond acceptors (Lipinski definition) is 9. The van der Waals surface area contributed by atoms with Crippen LogP contribution in [-0.2, 0) is 0 Å². The van der Waals surface area contributed by atoms with Gasteiger partial charge in [0.15, 0.2) is 5.82 Å². The predicted molar refractivity (Wildman–Crippen MR) is 168 cm³/mol. The number of aliphatic hydroxyl groups is 1. The van der Waals surface area contributed by atoms with E-state index in [-0.39, 0.29) is 53.1 Å². The molecule has 5 heterocycles. The molecule has 2 N–H and O–H groups in total. The lowest BCUT2D eigenvalue weighted by atomic mass is 9.75. The number of halogens is 3. The summed E-state index contributed by atoms with van der Waals surface area (Å²) in [5.74, 6) is -0.236. The van der Waals surface area contributed by atoms with Crippen molar-refractivity contribution < 1.29 is 23.4 Å². The molecule has 0 bridgehead atoms. The zero-order valence-corrected chi connectivity index (χ0v) is 26.7. The SMILES string of the molecule is COc1nc(-c2c(Cl)c(C)cc3[nH]ncc23)c(F)c2nc(OCC34CCCC3N(C)C[C@@H](F)C4)nc(N3CCC[C@@](C)(O)C3)c12. The highest BCUT2D eigenvalue weighted by molar-refractivity contribution is 6.35. The summed E-state index contributed by atoms with van der Waals surface area (Å²) in [6.07, 6.45) is 5.15. The molecule has 4 atom stereocenters. The fraction of sp³-hybridized carbons (Fsp3) is 0.562. The summed E-state index contributed by atoms with van der Waals surface area (Å²) < 4.78 is 43.9. The number of nitrogens with zero attached hydrogens (tertiary/aromatic N) is 6. The standard InChI is InChI=1S/C32H38ClF2N7O3/c1-17-11-20-19(13-36-40-20)22(24(17)33)26-25(35)27-23(29(37-26)44-4)28(42-10-6-8-31(2,43)15-42)39-30(38-27)45-16-32-9-5-7-21(32)41(3)14-18(34)12-32/h11,13,18,21,43H,5-10,12,14-16H2,1-4H3,(H,36,40)/t18-,21?,31+,32?/m0/s1. The maximum Gasteiger partial charge on any atom is 0.319 e. The summed E-state index contributed by atoms with van der Waals surface area (Å²) >= 11 is 6.79. The Bertz CT molecular complexity index is 1790. The number of rotatable bonds is 6. The van der Waals surface area contributed by atoms with Crippen LogP contribution in [0.3, 0.4) is 0 Å². The number of nitrogens with one attached hydrogen (secondary N) is 1. The number of likely N-dealkylation sites (tertiary alicyclic amines) is 1. The molecule has 10 nitrogen and oxygen atoms in total. The van der Waals surface area contributed by atoms with E-state index in [2.05, 4.69) is 25.1 Å². The van der Waals surface area contributed by atoms with Gasteiger partial charge in [-0.2, -0.15) is 15.1 Å². The molecular weight excluding hydrogens is 604 g/mol. The molecule has 3 aromatic heterocycles. The van der Waals surface area contributed by atoms with Gasteiger partial charge in [0.05, 0.1) is 36.1 Å². The first-order valence-electron chi connectivity index (χ1n) is 15.5. The van der Waals surface area contributed by atoms with Gasteiger partial charge < -0.3 is 19.5 Å². The van der Waals surface area contributed by atoms with Gasteiger partial charge in [-0.1, -0.05) is 18.0 Å². The van der Waals surface area contributed by atoms with Crippen LogP contribution >= 0.6 is 11.6 Å². The molecule has 45 heavy (non-hydrogen) atoms. The van der Waals surface area contributed by atoms with E-state index in [1.165, 1.54) is 7.11 Å². The molecular formula is C32H38ClF2N7O3. The Morgan fingerprint density at radius 3 is 2.82 bits per heavy atom. The summed E-state index contributed by atoms with van der Waals surface area (Å²) in [6, 6.07) is 2.02. The second kappa shape index (κ2) is 11.2. The van der Waals surface area contributed by atoms with Gasteiger partial charge in [0.25, 0.3) is 0 Å². The lowest BCUT2D eigenvalue weighted by Gasteiger charge is -2.45. The summed E-state index contributed by atoms with van der Waals surface area (Å²) in [7, 11) is 3.43. The van der Waals surface area contributed by atoms with E-state index in [4.69, 9.17) is 26.1 Å². The van der Waals surface area contributed by atoms with Crippen molar-refractivity contribution in [1.29, 1.82) is 0 Å². The number of aromatic nitrogens is 5. The maximum atomic E-state index is 16.9. The molecule has 2 saturated heterocycles. The number of ether oxygens (including phenoxy) is 2. The number of aryl methyl sites for hydroxylation is 1. The van der Waals surface area contributed by atoms with Gasteiger partial charge in [-0.05, 0) is 64.6 Å². The minimum atomic E-state index is -0.976. The Labute approximate surface area is 265 Å². The molecule has 0 amide bonds. The van der Waals surface area contributed by atoms with Crippen LogP contribution in [-0.4, -0.2) is 93.4 Å². The van der Waals surface area contributed by atoms with Crippen molar-refractivity contribution in [3.05, 3.63) is 28.7 Å². The molecule has 240 valence electrons. The van der Waals surface area contributed by atoms with Gasteiger partial charge in [0, 0.05) is 42.0 Å². The number of alkyl halides is 1. The molecule has 2 aliphatic heterocycles. The molecule has 4 aromatic rings. The number of H-pyrrole nitrogens is 1. The number of piperidine rings is 2. The molecule has 3 aliphatic rings. The molecule has 13 heteroatoms. The van der Waals surface area contributed by atoms with Crippen molar-refractivity contribution >= 4 is 39.2 Å². The van der Waals surface area contributed by atoms with E-state index >= 15 is 4.39 Å². The highest BCUT2D eigenvalue weighted by atomic mass is 35.5. The first-order chi connectivity index (χ1) is 21.5. The molecule has 3 fully saturated rings. The molecule has 0 radical (unpaired) electrons. The topological polar surface area (TPSA) is 113 Å². The largest absolute Gasteiger partial charge is 0.480 e. The van der Waals surface area contributed by atoms with Gasteiger partial charge in [0.2, 0.25) is 5.88 Å². The monoisotopic (exact) mass is 641 g/mol. The van der Waals surface area contributed by atoms with Crippen LogP contribution in [0.1, 0.15) is 51.0 Å². The normalized spacial score (nSPS) is 27.3. The van der Waals surface area contributed by atoms with Gasteiger partial charge in [-0.3, -0.25) is 10.00 Å². The van der Waals surface area contributed by atoms with Crippen LogP contribution in [0.4, 0.5) is 14.6 Å². The minimum Gasteiger partial charge on any atom is -0.480 e. The van der Waals surface area contributed by atoms with E-state index in [1.54, 1.807) is 13.1 Å². The third kappa shape index (κ3) is 5.14. The Kier molecular flexibility index (Phi) is 7.52. The van der Waals surface area contributed by atoms with Crippen LogP contribution in [0.25, 0.3) is 33.1 Å². The Morgan fingerprint density at radius 2 is 2.04 bits per heavy atom. The van der Waals surface area contributed by atoms with E-state index in [0.29, 0.717) is 59.7 Å². The smallest absolute Gasteiger partial charge is 0.319 e. The van der Waals surface area contributed by atoms with Gasteiger partial charge in [-0.15, -0.1) is 0 Å². The fourth-order valence-electron chi connectivity index (χ4n) is 7.97. The first kappa shape index (κ1) is 30.3. The number of anilines is 1. The first-order valence-corrected chi connectivity index (χ1v) is 15.9. The second-order valence-electron chi connectivity index (χ2n) is 13.4. The number of β-amino-alcohol motifs (C(OH)–C–C–N with tert-alkyl or cyclic N) is 1. The lowest BCUT2D eigenvalue weighted by Crippen LogP contribution is -2.54. The zero-order chi connectivity index (χ0) is 31.7. The van der Waals surface area contributed by atoms with Crippen LogP contribution in [0.2, 0.25) is 5.02 Å². The minimum absolute atomic E-state index is 0.0201. The van der Waals surface area contributed by atoms with Crippen molar-refractivity contribution in [2.75, 3.05) is 45.3 Å². The number of fused-ring (bicyclic) bond motifs is 3. The quantitative estimate of drug-likeness (QED) is 0.277. The second-order valence-corrected chi connectivity index (χ2v) is 13.8. The average Bonchev–Trinajstić information content (AvgIpc) is 3.64. The molecule has 2 unspecified atom stereocenters. The Balaban J connectivity index is 1.40. The van der Waals surface area contributed by atoms with E-state index < -0.39 is 17.6 Å². The van der Waals surface area contributed by atoms with Gasteiger partial charge in [-0.25, -0.2) is 13.8 Å². The molecule has 7 rings (SSSR count). The van der Waals surface area contributed by atoms with Crippen molar-refractivity contribution in [3.63, 3.8) is 0 Å². The third-order valence-electron chi connectivity index (χ3n) is 9.98. The van der Waals surface area contributed by atoms with Crippen molar-refractivity contribution in [2.45, 2.75) is 70.2 Å². The van der Waals surface area contributed by atoms with Crippen LogP contribution < -0.4 is 14.4 Å². The molecule has 1 aromatic carbocycles. The molecule has 1 aliphatic carbocycles. The van der Waals surface area contributed by atoms with Crippen molar-refractivity contribution in [2.24, 2.45) is 5.41 Å². The highest BCUT2D eigenvalue weighted by Crippen LogP contribution is 2.49. The maximum absolute atomic E-state index is 16.9. The van der Waals surface area contributed by atoms with Crippen LogP contribution in [0, 0.1) is 18.2 Å². The fourth-order valence-corrected chi connectivity index (χ4v) is 8.22. The van der Waals surface area contributed by atoms with E-state index in [0.717, 1.165) is 24.8 Å². The third-order valence-corrected chi connectivity index (χ3v) is 10.5. The zero-order valence-electron chi connectivity index (χ0n) is 26.0. The van der Waals surface area contributed by atoms with E-state index in [1.807, 2.05) is 24.9 Å². The van der Waals surface area contributed by atoms with Gasteiger partial charge >= 0.3 is 6.01 Å². The number of pyridine rings is 1. The summed E-state index contributed by atoms with van der Waals surface area (Å²) in [4.78, 5) is 18.1. The highest BCUT2D eigenvalue weighted by Gasteiger charge is 2.50. The average molecular weight is 642 g/mol. The number of benzene rings is 1. The van der Waals surface area contributed by atoms with E-state index in [9.17, 15) is 9.50 Å². The number of methoxy groups -OCH3 is 1. The van der Waals surface area contributed by atoms with Gasteiger partial charge in [0.1, 0.15) is 28.6 Å². The van der Waals surface area contributed by atoms with Crippen LogP contribution in [0.5, 0.6) is 11.9 Å². The molecule has 1 saturated carbocycles. The Morgan fingerprint density at radius 1 is 1.22 bits per heavy atom. The number of aromatic amines is 1. The van der Waals surface area contributed by atoms with Crippen molar-refractivity contribution in [1.82, 2.24) is 30.0 Å². The Hall–Kier alpha value is -3.35. The predicted octanol–water partition coefficient (Wildman–Crippen LogP) is 5.62.